The van der Waals surface area contributed by atoms with Crippen LogP contribution in [0, 0.1) is 6.92 Å². The van der Waals surface area contributed by atoms with Gasteiger partial charge in [0.25, 0.3) is 0 Å². The SMILES string of the molecule is CNc1ncc(-c2sccc2C)cn1. The number of aryl methyl sites for hydroxylation is 1. The maximum absolute atomic E-state index is 4.18. The summed E-state index contributed by atoms with van der Waals surface area (Å²) in [6.45, 7) is 2.10. The molecule has 0 amide bonds. The summed E-state index contributed by atoms with van der Waals surface area (Å²) in [5.74, 6) is 0.656. The Morgan fingerprint density at radius 1 is 1.29 bits per heavy atom. The number of aromatic nitrogens is 2. The van der Waals surface area contributed by atoms with Crippen LogP contribution in [0.3, 0.4) is 0 Å². The number of hydrogen-bond acceptors (Lipinski definition) is 4. The standard InChI is InChI=1S/C10H11N3S/c1-7-3-4-14-9(7)8-5-12-10(11-2)13-6-8/h3-6H,1-2H3,(H,11,12,13). The van der Waals surface area contributed by atoms with E-state index in [-0.39, 0.29) is 0 Å². The van der Waals surface area contributed by atoms with Crippen LogP contribution in [0.2, 0.25) is 0 Å². The fourth-order valence-electron chi connectivity index (χ4n) is 1.24. The maximum atomic E-state index is 4.18. The van der Waals surface area contributed by atoms with Gasteiger partial charge >= 0.3 is 0 Å². The molecule has 72 valence electrons. The van der Waals surface area contributed by atoms with E-state index in [0.717, 1.165) is 5.56 Å². The van der Waals surface area contributed by atoms with E-state index in [2.05, 4.69) is 33.7 Å². The zero-order valence-corrected chi connectivity index (χ0v) is 8.93. The lowest BCUT2D eigenvalue weighted by Gasteiger charge is -2.00. The summed E-state index contributed by atoms with van der Waals surface area (Å²) >= 11 is 1.72. The van der Waals surface area contributed by atoms with Gasteiger partial charge in [0.05, 0.1) is 0 Å². The molecule has 0 aromatic carbocycles. The number of rotatable bonds is 2. The Hall–Kier alpha value is -1.42. The summed E-state index contributed by atoms with van der Waals surface area (Å²) in [4.78, 5) is 9.60. The van der Waals surface area contributed by atoms with Crippen LogP contribution in [0.4, 0.5) is 5.95 Å². The lowest BCUT2D eigenvalue weighted by atomic mass is 10.2. The first-order valence-corrected chi connectivity index (χ1v) is 5.23. The molecule has 0 saturated heterocycles. The Kier molecular flexibility index (Phi) is 2.45. The molecule has 2 aromatic rings. The van der Waals surface area contributed by atoms with Crippen LogP contribution in [-0.2, 0) is 0 Å². The van der Waals surface area contributed by atoms with Gasteiger partial charge < -0.3 is 5.32 Å². The molecule has 2 rings (SSSR count). The highest BCUT2D eigenvalue weighted by Gasteiger charge is 2.03. The van der Waals surface area contributed by atoms with E-state index in [1.165, 1.54) is 10.4 Å². The molecule has 0 unspecified atom stereocenters. The predicted molar refractivity (Wildman–Crippen MR) is 59.6 cm³/mol. The van der Waals surface area contributed by atoms with Crippen LogP contribution in [0.15, 0.2) is 23.8 Å². The molecule has 2 heterocycles. The van der Waals surface area contributed by atoms with E-state index in [0.29, 0.717) is 5.95 Å². The van der Waals surface area contributed by atoms with Gasteiger partial charge in [-0.3, -0.25) is 0 Å². The maximum Gasteiger partial charge on any atom is 0.222 e. The highest BCUT2D eigenvalue weighted by Crippen LogP contribution is 2.27. The summed E-state index contributed by atoms with van der Waals surface area (Å²) in [5, 5.41) is 4.98. The van der Waals surface area contributed by atoms with Gasteiger partial charge in [0, 0.05) is 29.9 Å². The van der Waals surface area contributed by atoms with Crippen LogP contribution in [0.1, 0.15) is 5.56 Å². The summed E-state index contributed by atoms with van der Waals surface area (Å²) < 4.78 is 0. The van der Waals surface area contributed by atoms with Crippen molar-refractivity contribution in [3.8, 4) is 10.4 Å². The number of hydrogen-bond donors (Lipinski definition) is 1. The molecule has 0 fully saturated rings. The molecule has 0 aliphatic rings. The average Bonchev–Trinajstić information content (AvgIpc) is 2.65. The fourth-order valence-corrected chi connectivity index (χ4v) is 2.15. The molecule has 0 saturated carbocycles. The van der Waals surface area contributed by atoms with E-state index < -0.39 is 0 Å². The van der Waals surface area contributed by atoms with Crippen LogP contribution in [0.25, 0.3) is 10.4 Å². The molecule has 14 heavy (non-hydrogen) atoms. The first kappa shape index (κ1) is 9.15. The van der Waals surface area contributed by atoms with Gasteiger partial charge in [0.1, 0.15) is 0 Å². The van der Waals surface area contributed by atoms with Gasteiger partial charge in [-0.15, -0.1) is 11.3 Å². The van der Waals surface area contributed by atoms with Crippen LogP contribution >= 0.6 is 11.3 Å². The Morgan fingerprint density at radius 2 is 2.00 bits per heavy atom. The van der Waals surface area contributed by atoms with Crippen molar-refractivity contribution < 1.29 is 0 Å². The average molecular weight is 205 g/mol. The van der Waals surface area contributed by atoms with Crippen molar-refractivity contribution >= 4 is 17.3 Å². The highest BCUT2D eigenvalue weighted by molar-refractivity contribution is 7.13. The van der Waals surface area contributed by atoms with Gasteiger partial charge in [-0.25, -0.2) is 9.97 Å². The monoisotopic (exact) mass is 205 g/mol. The van der Waals surface area contributed by atoms with Gasteiger partial charge in [-0.05, 0) is 23.9 Å². The summed E-state index contributed by atoms with van der Waals surface area (Å²) in [6.07, 6.45) is 3.69. The molecule has 2 aromatic heterocycles. The molecular weight excluding hydrogens is 194 g/mol. The number of nitrogens with zero attached hydrogens (tertiary/aromatic N) is 2. The predicted octanol–water partition coefficient (Wildman–Crippen LogP) is 2.56. The van der Waals surface area contributed by atoms with Crippen LogP contribution < -0.4 is 5.32 Å². The normalized spacial score (nSPS) is 10.1. The second-order valence-electron chi connectivity index (χ2n) is 2.98. The van der Waals surface area contributed by atoms with E-state index >= 15 is 0 Å². The molecule has 0 aliphatic heterocycles. The van der Waals surface area contributed by atoms with E-state index in [4.69, 9.17) is 0 Å². The second-order valence-corrected chi connectivity index (χ2v) is 3.89. The molecule has 3 nitrogen and oxygen atoms in total. The van der Waals surface area contributed by atoms with Gasteiger partial charge in [0.15, 0.2) is 0 Å². The molecular formula is C10H11N3S. The Morgan fingerprint density at radius 3 is 2.50 bits per heavy atom. The zero-order chi connectivity index (χ0) is 9.97. The quantitative estimate of drug-likeness (QED) is 0.818. The number of thiophene rings is 1. The summed E-state index contributed by atoms with van der Waals surface area (Å²) in [7, 11) is 1.81. The third kappa shape index (κ3) is 1.61. The summed E-state index contributed by atoms with van der Waals surface area (Å²) in [6, 6.07) is 2.10. The van der Waals surface area contributed by atoms with E-state index in [9.17, 15) is 0 Å². The van der Waals surface area contributed by atoms with E-state index in [1.54, 1.807) is 11.3 Å². The van der Waals surface area contributed by atoms with Crippen LogP contribution in [-0.4, -0.2) is 17.0 Å². The zero-order valence-electron chi connectivity index (χ0n) is 8.11. The minimum absolute atomic E-state index is 0.656. The van der Waals surface area contributed by atoms with Crippen molar-refractivity contribution in [3.63, 3.8) is 0 Å². The molecule has 1 N–H and O–H groups in total. The largest absolute Gasteiger partial charge is 0.357 e. The lowest BCUT2D eigenvalue weighted by Crippen LogP contribution is -1.94. The highest BCUT2D eigenvalue weighted by atomic mass is 32.1. The Labute approximate surface area is 86.8 Å². The van der Waals surface area contributed by atoms with E-state index in [1.807, 2.05) is 19.4 Å². The lowest BCUT2D eigenvalue weighted by molar-refractivity contribution is 1.15. The number of anilines is 1. The number of nitrogens with one attached hydrogen (secondary N) is 1. The third-order valence-electron chi connectivity index (χ3n) is 2.00. The topological polar surface area (TPSA) is 37.8 Å². The van der Waals surface area contributed by atoms with Gasteiger partial charge in [-0.1, -0.05) is 0 Å². The minimum atomic E-state index is 0.656. The second kappa shape index (κ2) is 3.75. The minimum Gasteiger partial charge on any atom is -0.357 e. The van der Waals surface area contributed by atoms with Crippen molar-refractivity contribution in [2.24, 2.45) is 0 Å². The molecule has 0 atom stereocenters. The summed E-state index contributed by atoms with van der Waals surface area (Å²) in [5.41, 5.74) is 2.35. The Balaban J connectivity index is 2.39. The van der Waals surface area contributed by atoms with Crippen LogP contribution in [0.5, 0.6) is 0 Å². The fraction of sp³-hybridized carbons (Fsp3) is 0.200. The first-order valence-electron chi connectivity index (χ1n) is 4.35. The first-order chi connectivity index (χ1) is 6.81. The van der Waals surface area contributed by atoms with Crippen molar-refractivity contribution in [2.45, 2.75) is 6.92 Å². The molecule has 0 radical (unpaired) electrons. The molecule has 4 heteroatoms. The van der Waals surface area contributed by atoms with Gasteiger partial charge in [0.2, 0.25) is 5.95 Å². The van der Waals surface area contributed by atoms with Crippen molar-refractivity contribution in [3.05, 3.63) is 29.4 Å². The smallest absolute Gasteiger partial charge is 0.222 e. The van der Waals surface area contributed by atoms with Crippen molar-refractivity contribution in [1.29, 1.82) is 0 Å². The Bertz CT molecular complexity index is 419. The molecule has 0 bridgehead atoms. The van der Waals surface area contributed by atoms with Crippen molar-refractivity contribution in [2.75, 3.05) is 12.4 Å². The molecule has 0 aliphatic carbocycles. The van der Waals surface area contributed by atoms with Crippen molar-refractivity contribution in [1.82, 2.24) is 9.97 Å². The molecule has 0 spiro atoms. The third-order valence-corrected chi connectivity index (χ3v) is 3.07. The van der Waals surface area contributed by atoms with Gasteiger partial charge in [-0.2, -0.15) is 0 Å².